The van der Waals surface area contributed by atoms with Crippen molar-refractivity contribution in [3.05, 3.63) is 0 Å². The van der Waals surface area contributed by atoms with Crippen LogP contribution in [0.5, 0.6) is 0 Å². The van der Waals surface area contributed by atoms with E-state index < -0.39 is 0 Å². The number of likely N-dealkylation sites (tertiary alicyclic amines) is 1. The molecule has 2 fully saturated rings. The predicted molar refractivity (Wildman–Crippen MR) is 70.2 cm³/mol. The molecule has 2 aliphatic rings. The Morgan fingerprint density at radius 1 is 1.56 bits per heavy atom. The maximum atomic E-state index is 12.5. The Kier molecular flexibility index (Phi) is 4.59. The fraction of sp³-hybridized carbons (Fsp3) is 0.923. The molecular weight excluding hydrogens is 230 g/mol. The molecule has 5 nitrogen and oxygen atoms in total. The van der Waals surface area contributed by atoms with Gasteiger partial charge in [0, 0.05) is 25.7 Å². The zero-order valence-electron chi connectivity index (χ0n) is 11.4. The van der Waals surface area contributed by atoms with Gasteiger partial charge in [-0.05, 0) is 32.6 Å². The van der Waals surface area contributed by atoms with Crippen molar-refractivity contribution >= 4 is 5.91 Å². The molecule has 4 atom stereocenters. The van der Waals surface area contributed by atoms with Gasteiger partial charge in [-0.3, -0.25) is 4.79 Å². The van der Waals surface area contributed by atoms with Crippen LogP contribution < -0.4 is 11.1 Å². The van der Waals surface area contributed by atoms with Crippen molar-refractivity contribution in [3.8, 4) is 0 Å². The summed E-state index contributed by atoms with van der Waals surface area (Å²) in [6.07, 6.45) is 2.15. The summed E-state index contributed by atoms with van der Waals surface area (Å²) in [5.41, 5.74) is 5.96. The molecule has 2 unspecified atom stereocenters. The number of hydrogen-bond donors (Lipinski definition) is 2. The van der Waals surface area contributed by atoms with Crippen LogP contribution in [0, 0.1) is 5.92 Å². The molecule has 2 heterocycles. The zero-order valence-corrected chi connectivity index (χ0v) is 11.4. The second-order valence-corrected chi connectivity index (χ2v) is 5.55. The number of nitrogens with one attached hydrogen (secondary N) is 1. The fourth-order valence-corrected chi connectivity index (χ4v) is 2.85. The lowest BCUT2D eigenvalue weighted by Gasteiger charge is -2.39. The lowest BCUT2D eigenvalue weighted by atomic mass is 9.91. The topological polar surface area (TPSA) is 67.6 Å². The number of amides is 1. The summed E-state index contributed by atoms with van der Waals surface area (Å²) in [4.78, 5) is 14.4. The highest BCUT2D eigenvalue weighted by Gasteiger charge is 2.34. The van der Waals surface area contributed by atoms with E-state index in [9.17, 15) is 4.79 Å². The molecule has 0 aromatic carbocycles. The molecule has 18 heavy (non-hydrogen) atoms. The molecule has 0 aliphatic carbocycles. The third-order valence-electron chi connectivity index (χ3n) is 4.10. The van der Waals surface area contributed by atoms with Gasteiger partial charge in [-0.25, -0.2) is 0 Å². The minimum absolute atomic E-state index is 0.0399. The quantitative estimate of drug-likeness (QED) is 0.726. The van der Waals surface area contributed by atoms with Crippen LogP contribution in [-0.2, 0) is 9.53 Å². The van der Waals surface area contributed by atoms with Gasteiger partial charge in [0.15, 0.2) is 0 Å². The normalized spacial score (nSPS) is 35.3. The van der Waals surface area contributed by atoms with E-state index in [0.29, 0.717) is 12.5 Å². The van der Waals surface area contributed by atoms with Crippen molar-refractivity contribution in [1.82, 2.24) is 10.2 Å². The van der Waals surface area contributed by atoms with Crippen LogP contribution in [0.3, 0.4) is 0 Å². The second kappa shape index (κ2) is 5.99. The smallest absolute Gasteiger partial charge is 0.242 e. The highest BCUT2D eigenvalue weighted by Crippen LogP contribution is 2.20. The molecule has 0 aromatic rings. The third kappa shape index (κ3) is 3.02. The summed E-state index contributed by atoms with van der Waals surface area (Å²) in [7, 11) is 0. The maximum Gasteiger partial charge on any atom is 0.242 e. The number of piperidine rings is 1. The van der Waals surface area contributed by atoms with Gasteiger partial charge in [-0.1, -0.05) is 0 Å². The van der Waals surface area contributed by atoms with Crippen LogP contribution >= 0.6 is 0 Å². The molecule has 0 aromatic heterocycles. The maximum absolute atomic E-state index is 12.5. The molecule has 0 bridgehead atoms. The average molecular weight is 255 g/mol. The number of carbonyl (C=O) groups is 1. The number of rotatable bonds is 2. The summed E-state index contributed by atoms with van der Waals surface area (Å²) in [5, 5.41) is 3.26. The lowest BCUT2D eigenvalue weighted by molar-refractivity contribution is -0.141. The lowest BCUT2D eigenvalue weighted by Crippen LogP contribution is -2.58. The van der Waals surface area contributed by atoms with Gasteiger partial charge >= 0.3 is 0 Å². The molecule has 104 valence electrons. The van der Waals surface area contributed by atoms with Crippen molar-refractivity contribution in [3.63, 3.8) is 0 Å². The molecule has 0 spiro atoms. The summed E-state index contributed by atoms with van der Waals surface area (Å²) >= 11 is 0. The number of carbonyl (C=O) groups excluding carboxylic acids is 1. The number of hydrogen-bond acceptors (Lipinski definition) is 4. The first kappa shape index (κ1) is 13.8. The second-order valence-electron chi connectivity index (χ2n) is 5.55. The Morgan fingerprint density at radius 2 is 2.33 bits per heavy atom. The van der Waals surface area contributed by atoms with Crippen LogP contribution in [0.15, 0.2) is 0 Å². The van der Waals surface area contributed by atoms with E-state index >= 15 is 0 Å². The Bertz CT molecular complexity index is 296. The van der Waals surface area contributed by atoms with Crippen LogP contribution in [0.1, 0.15) is 26.7 Å². The van der Waals surface area contributed by atoms with Gasteiger partial charge in [0.05, 0.1) is 12.7 Å². The first-order valence-electron chi connectivity index (χ1n) is 6.99. The van der Waals surface area contributed by atoms with Crippen LogP contribution in [0.2, 0.25) is 0 Å². The predicted octanol–water partition coefficient (Wildman–Crippen LogP) is -0.0509. The average Bonchev–Trinajstić information content (AvgIpc) is 2.38. The van der Waals surface area contributed by atoms with E-state index in [1.54, 1.807) is 0 Å². The van der Waals surface area contributed by atoms with E-state index in [1.807, 2.05) is 18.7 Å². The largest absolute Gasteiger partial charge is 0.375 e. The fourth-order valence-electron chi connectivity index (χ4n) is 2.85. The third-order valence-corrected chi connectivity index (χ3v) is 4.10. The van der Waals surface area contributed by atoms with Crippen molar-refractivity contribution < 1.29 is 9.53 Å². The van der Waals surface area contributed by atoms with Crippen molar-refractivity contribution in [2.75, 3.05) is 26.2 Å². The highest BCUT2D eigenvalue weighted by molar-refractivity contribution is 5.82. The molecule has 2 saturated heterocycles. The van der Waals surface area contributed by atoms with E-state index in [0.717, 1.165) is 32.5 Å². The summed E-state index contributed by atoms with van der Waals surface area (Å²) in [6.45, 7) is 7.08. The van der Waals surface area contributed by atoms with E-state index in [-0.39, 0.29) is 24.1 Å². The zero-order chi connectivity index (χ0) is 13.1. The molecule has 2 aliphatic heterocycles. The number of morpholine rings is 1. The van der Waals surface area contributed by atoms with E-state index in [2.05, 4.69) is 5.32 Å². The first-order valence-corrected chi connectivity index (χ1v) is 6.99. The summed E-state index contributed by atoms with van der Waals surface area (Å²) < 4.78 is 5.54. The molecule has 1 amide bonds. The monoisotopic (exact) mass is 255 g/mol. The molecular formula is C13H25N3O2. The van der Waals surface area contributed by atoms with Gasteiger partial charge in [-0.2, -0.15) is 0 Å². The van der Waals surface area contributed by atoms with E-state index in [4.69, 9.17) is 10.5 Å². The molecule has 2 rings (SSSR count). The number of nitrogens with zero attached hydrogens (tertiary/aromatic N) is 1. The molecule has 3 N–H and O–H groups in total. The Hall–Kier alpha value is -0.650. The van der Waals surface area contributed by atoms with Crippen LogP contribution in [0.25, 0.3) is 0 Å². The van der Waals surface area contributed by atoms with Crippen LogP contribution in [-0.4, -0.2) is 55.2 Å². The van der Waals surface area contributed by atoms with Gasteiger partial charge in [0.25, 0.3) is 0 Å². The Labute approximate surface area is 109 Å². The molecule has 0 saturated carbocycles. The van der Waals surface area contributed by atoms with Gasteiger partial charge in [0.1, 0.15) is 6.04 Å². The van der Waals surface area contributed by atoms with E-state index in [1.165, 1.54) is 0 Å². The van der Waals surface area contributed by atoms with Crippen LogP contribution in [0.4, 0.5) is 0 Å². The van der Waals surface area contributed by atoms with Crippen molar-refractivity contribution in [1.29, 1.82) is 0 Å². The van der Waals surface area contributed by atoms with Gasteiger partial charge in [-0.15, -0.1) is 0 Å². The Balaban J connectivity index is 1.95. The standard InChI is InChI=1S/C13H25N3O2/c1-9(14)11-4-3-6-16(8-11)13(17)12-10(2)18-7-5-15-12/h9-12,15H,3-8,14H2,1-2H3/t9?,10-,11?,12+/m1/s1. The van der Waals surface area contributed by atoms with Crippen molar-refractivity contribution in [2.45, 2.75) is 44.9 Å². The van der Waals surface area contributed by atoms with Crippen molar-refractivity contribution in [2.24, 2.45) is 11.7 Å². The first-order chi connectivity index (χ1) is 8.59. The molecule has 0 radical (unpaired) electrons. The number of ether oxygens (including phenoxy) is 1. The SMILES string of the molecule is CC(N)C1CCCN(C(=O)[C@H]2NCCO[C@@H]2C)C1. The highest BCUT2D eigenvalue weighted by atomic mass is 16.5. The number of nitrogens with two attached hydrogens (primary N) is 1. The van der Waals surface area contributed by atoms with Gasteiger partial charge < -0.3 is 20.7 Å². The summed E-state index contributed by atoms with van der Waals surface area (Å²) in [6, 6.07) is -0.0285. The minimum Gasteiger partial charge on any atom is -0.375 e. The summed E-state index contributed by atoms with van der Waals surface area (Å²) in [5.74, 6) is 0.607. The minimum atomic E-state index is -0.189. The molecule has 5 heteroatoms. The Morgan fingerprint density at radius 3 is 3.00 bits per heavy atom. The van der Waals surface area contributed by atoms with Gasteiger partial charge in [0.2, 0.25) is 5.91 Å².